The van der Waals surface area contributed by atoms with E-state index >= 15 is 0 Å². The Labute approximate surface area is 146 Å². The van der Waals surface area contributed by atoms with Crippen LogP contribution in [-0.4, -0.2) is 48.2 Å². The molecule has 1 aliphatic rings. The van der Waals surface area contributed by atoms with Crippen LogP contribution in [0, 0.1) is 12.8 Å². The maximum Gasteiger partial charge on any atom is 0.410 e. The second kappa shape index (κ2) is 8.02. The van der Waals surface area contributed by atoms with E-state index in [1.54, 1.807) is 4.90 Å². The van der Waals surface area contributed by atoms with Crippen molar-refractivity contribution in [2.24, 2.45) is 5.92 Å². The number of hydrogen-bond donors (Lipinski definition) is 0. The van der Waals surface area contributed by atoms with Crippen LogP contribution in [0.5, 0.6) is 0 Å². The Bertz CT molecular complexity index is 526. The van der Waals surface area contributed by atoms with Crippen molar-refractivity contribution in [2.45, 2.75) is 52.7 Å². The highest BCUT2D eigenvalue weighted by Crippen LogP contribution is 2.21. The van der Waals surface area contributed by atoms with Crippen molar-refractivity contribution in [3.8, 4) is 0 Å². The van der Waals surface area contributed by atoms with Crippen LogP contribution in [0.1, 0.15) is 44.7 Å². The second-order valence-electron chi connectivity index (χ2n) is 8.07. The number of rotatable bonds is 4. The fourth-order valence-corrected chi connectivity index (χ4v) is 3.08. The van der Waals surface area contributed by atoms with E-state index in [-0.39, 0.29) is 6.09 Å². The van der Waals surface area contributed by atoms with Crippen LogP contribution in [0.25, 0.3) is 0 Å². The molecule has 0 radical (unpaired) electrons. The van der Waals surface area contributed by atoms with Crippen molar-refractivity contribution in [3.05, 3.63) is 35.4 Å². The van der Waals surface area contributed by atoms with Crippen molar-refractivity contribution in [1.29, 1.82) is 0 Å². The van der Waals surface area contributed by atoms with Gasteiger partial charge in [-0.25, -0.2) is 4.79 Å². The summed E-state index contributed by atoms with van der Waals surface area (Å²) in [7, 11) is 1.84. The van der Waals surface area contributed by atoms with Crippen LogP contribution in [0.4, 0.5) is 4.79 Å². The van der Waals surface area contributed by atoms with Gasteiger partial charge in [-0.2, -0.15) is 0 Å². The molecule has 1 heterocycles. The van der Waals surface area contributed by atoms with Gasteiger partial charge in [-0.1, -0.05) is 29.8 Å². The summed E-state index contributed by atoms with van der Waals surface area (Å²) in [6.45, 7) is 11.8. The van der Waals surface area contributed by atoms with E-state index < -0.39 is 5.60 Å². The third-order valence-corrected chi connectivity index (χ3v) is 4.47. The van der Waals surface area contributed by atoms with Crippen LogP contribution in [-0.2, 0) is 11.3 Å². The van der Waals surface area contributed by atoms with Crippen LogP contribution in [0.15, 0.2) is 24.3 Å². The average Bonchev–Trinajstić information content (AvgIpc) is 2.50. The SMILES string of the molecule is Cc1ccc(CN2CCC(CN(C)C(=O)OC(C)(C)C)CC2)cc1. The Balaban J connectivity index is 1.74. The third kappa shape index (κ3) is 6.16. The molecule has 0 aliphatic carbocycles. The number of nitrogens with zero attached hydrogens (tertiary/aromatic N) is 2. The number of likely N-dealkylation sites (tertiary alicyclic amines) is 1. The van der Waals surface area contributed by atoms with Gasteiger partial charge in [0.15, 0.2) is 0 Å². The fraction of sp³-hybridized carbons (Fsp3) is 0.650. The minimum Gasteiger partial charge on any atom is -0.444 e. The summed E-state index contributed by atoms with van der Waals surface area (Å²) in [5, 5.41) is 0. The summed E-state index contributed by atoms with van der Waals surface area (Å²) in [4.78, 5) is 16.3. The lowest BCUT2D eigenvalue weighted by Crippen LogP contribution is -2.41. The first kappa shape index (κ1) is 18.8. The maximum absolute atomic E-state index is 12.1. The lowest BCUT2D eigenvalue weighted by Gasteiger charge is -2.34. The third-order valence-electron chi connectivity index (χ3n) is 4.47. The molecule has 0 atom stereocenters. The first-order valence-corrected chi connectivity index (χ1v) is 8.95. The number of carbonyl (C=O) groups excluding carboxylic acids is 1. The lowest BCUT2D eigenvalue weighted by molar-refractivity contribution is 0.0249. The van der Waals surface area contributed by atoms with Gasteiger partial charge >= 0.3 is 6.09 Å². The van der Waals surface area contributed by atoms with Gasteiger partial charge < -0.3 is 9.64 Å². The Hall–Kier alpha value is -1.55. The first-order chi connectivity index (χ1) is 11.2. The van der Waals surface area contributed by atoms with Crippen molar-refractivity contribution in [2.75, 3.05) is 26.7 Å². The number of ether oxygens (including phenoxy) is 1. The monoisotopic (exact) mass is 332 g/mol. The number of benzene rings is 1. The largest absolute Gasteiger partial charge is 0.444 e. The molecule has 0 saturated carbocycles. The summed E-state index contributed by atoms with van der Waals surface area (Å²) in [6.07, 6.45) is 2.06. The molecule has 1 saturated heterocycles. The normalized spacial score (nSPS) is 16.9. The van der Waals surface area contributed by atoms with Crippen molar-refractivity contribution in [3.63, 3.8) is 0 Å². The molecular weight excluding hydrogens is 300 g/mol. The van der Waals surface area contributed by atoms with Crippen LogP contribution in [0.3, 0.4) is 0 Å². The molecule has 1 aliphatic heterocycles. The number of hydrogen-bond acceptors (Lipinski definition) is 3. The molecule has 24 heavy (non-hydrogen) atoms. The zero-order chi connectivity index (χ0) is 17.7. The molecule has 0 spiro atoms. The predicted molar refractivity (Wildman–Crippen MR) is 98.0 cm³/mol. The molecule has 1 aromatic carbocycles. The van der Waals surface area contributed by atoms with Crippen LogP contribution < -0.4 is 0 Å². The van der Waals surface area contributed by atoms with E-state index in [2.05, 4.69) is 36.1 Å². The predicted octanol–water partition coefficient (Wildman–Crippen LogP) is 4.07. The molecule has 0 bridgehead atoms. The summed E-state index contributed by atoms with van der Waals surface area (Å²) >= 11 is 0. The number of amides is 1. The highest BCUT2D eigenvalue weighted by Gasteiger charge is 2.24. The molecule has 0 unspecified atom stereocenters. The van der Waals surface area contributed by atoms with Gasteiger partial charge in [-0.3, -0.25) is 4.90 Å². The topological polar surface area (TPSA) is 32.8 Å². The zero-order valence-corrected chi connectivity index (χ0v) is 15.8. The van der Waals surface area contributed by atoms with Crippen molar-refractivity contribution >= 4 is 6.09 Å². The number of piperidine rings is 1. The van der Waals surface area contributed by atoms with Gasteiger partial charge in [0, 0.05) is 20.1 Å². The smallest absolute Gasteiger partial charge is 0.410 e. The lowest BCUT2D eigenvalue weighted by atomic mass is 9.96. The number of aryl methyl sites for hydroxylation is 1. The quantitative estimate of drug-likeness (QED) is 0.833. The summed E-state index contributed by atoms with van der Waals surface area (Å²) < 4.78 is 5.43. The minimum absolute atomic E-state index is 0.218. The fourth-order valence-electron chi connectivity index (χ4n) is 3.08. The van der Waals surface area contributed by atoms with Gasteiger partial charge in [0.25, 0.3) is 0 Å². The Morgan fingerprint density at radius 3 is 2.33 bits per heavy atom. The summed E-state index contributed by atoms with van der Waals surface area (Å²) in [5.41, 5.74) is 2.26. The Morgan fingerprint density at radius 2 is 1.79 bits per heavy atom. The molecule has 0 aromatic heterocycles. The summed E-state index contributed by atoms with van der Waals surface area (Å²) in [5.74, 6) is 0.566. The molecule has 2 rings (SSSR count). The van der Waals surface area contributed by atoms with Crippen molar-refractivity contribution < 1.29 is 9.53 Å². The van der Waals surface area contributed by atoms with Crippen molar-refractivity contribution in [1.82, 2.24) is 9.80 Å². The highest BCUT2D eigenvalue weighted by molar-refractivity contribution is 5.67. The zero-order valence-electron chi connectivity index (χ0n) is 15.8. The summed E-state index contributed by atoms with van der Waals surface area (Å²) in [6, 6.07) is 8.80. The molecule has 1 fully saturated rings. The van der Waals surface area contributed by atoms with E-state index in [1.807, 2.05) is 27.8 Å². The van der Waals surface area contributed by atoms with E-state index in [4.69, 9.17) is 4.74 Å². The van der Waals surface area contributed by atoms with Gasteiger partial charge in [0.1, 0.15) is 5.60 Å². The van der Waals surface area contributed by atoms with Gasteiger partial charge in [0.2, 0.25) is 0 Å². The molecule has 4 heteroatoms. The van der Waals surface area contributed by atoms with Gasteiger partial charge in [-0.15, -0.1) is 0 Å². The molecule has 134 valence electrons. The first-order valence-electron chi connectivity index (χ1n) is 8.95. The molecule has 4 nitrogen and oxygen atoms in total. The highest BCUT2D eigenvalue weighted by atomic mass is 16.6. The second-order valence-corrected chi connectivity index (χ2v) is 8.07. The average molecular weight is 332 g/mol. The molecule has 0 N–H and O–H groups in total. The van der Waals surface area contributed by atoms with E-state index in [9.17, 15) is 4.79 Å². The Kier molecular flexibility index (Phi) is 6.27. The van der Waals surface area contributed by atoms with Gasteiger partial charge in [-0.05, 0) is 65.1 Å². The van der Waals surface area contributed by atoms with E-state index in [1.165, 1.54) is 11.1 Å². The van der Waals surface area contributed by atoms with E-state index in [0.29, 0.717) is 5.92 Å². The van der Waals surface area contributed by atoms with E-state index in [0.717, 1.165) is 39.0 Å². The van der Waals surface area contributed by atoms with Crippen LogP contribution >= 0.6 is 0 Å². The van der Waals surface area contributed by atoms with Gasteiger partial charge in [0.05, 0.1) is 0 Å². The standard InChI is InChI=1S/C20H32N2O2/c1-16-6-8-17(9-7-16)15-22-12-10-18(11-13-22)14-21(5)19(23)24-20(2,3)4/h6-9,18H,10-15H2,1-5H3. The molecular formula is C20H32N2O2. The number of carbonyl (C=O) groups is 1. The maximum atomic E-state index is 12.1. The molecule has 1 amide bonds. The minimum atomic E-state index is -0.428. The molecule has 1 aromatic rings. The van der Waals surface area contributed by atoms with Crippen LogP contribution in [0.2, 0.25) is 0 Å². The Morgan fingerprint density at radius 1 is 1.21 bits per heavy atom.